The van der Waals surface area contributed by atoms with Crippen molar-refractivity contribution in [2.24, 2.45) is 13.0 Å². The van der Waals surface area contributed by atoms with Crippen molar-refractivity contribution in [1.29, 1.82) is 0 Å². The first-order chi connectivity index (χ1) is 11.7. The first-order valence-electron chi connectivity index (χ1n) is 8.72. The van der Waals surface area contributed by atoms with Crippen molar-refractivity contribution in [1.82, 2.24) is 14.8 Å². The number of nitrogens with one attached hydrogen (secondary N) is 1. The van der Waals surface area contributed by atoms with Crippen LogP contribution in [0, 0.1) is 5.92 Å². The van der Waals surface area contributed by atoms with E-state index in [0.717, 1.165) is 62.1 Å². The van der Waals surface area contributed by atoms with Gasteiger partial charge in [0, 0.05) is 49.9 Å². The van der Waals surface area contributed by atoms with Gasteiger partial charge >= 0.3 is 0 Å². The van der Waals surface area contributed by atoms with Crippen LogP contribution in [-0.4, -0.2) is 55.3 Å². The Bertz CT molecular complexity index is 687. The smallest absolute Gasteiger partial charge is 0.251 e. The van der Waals surface area contributed by atoms with Gasteiger partial charge in [0.2, 0.25) is 0 Å². The van der Waals surface area contributed by atoms with E-state index in [4.69, 9.17) is 4.74 Å². The maximum atomic E-state index is 12.6. The molecule has 0 radical (unpaired) electrons. The fourth-order valence-electron chi connectivity index (χ4n) is 3.47. The topological polar surface area (TPSA) is 46.5 Å². The van der Waals surface area contributed by atoms with Crippen molar-refractivity contribution in [2.75, 3.05) is 39.9 Å². The molecule has 1 saturated heterocycles. The third-order valence-electron chi connectivity index (χ3n) is 5.04. The average molecular weight is 329 g/mol. The second-order valence-electron chi connectivity index (χ2n) is 6.65. The van der Waals surface area contributed by atoms with Crippen LogP contribution in [-0.2, 0) is 11.8 Å². The maximum absolute atomic E-state index is 12.6. The number of aryl methyl sites for hydroxylation is 1. The molecule has 0 saturated carbocycles. The largest absolute Gasteiger partial charge is 0.383 e. The van der Waals surface area contributed by atoms with Crippen LogP contribution in [0.4, 0.5) is 0 Å². The molecule has 1 N–H and O–H groups in total. The monoisotopic (exact) mass is 329 g/mol. The van der Waals surface area contributed by atoms with Crippen LogP contribution in [0.1, 0.15) is 23.2 Å². The molecule has 130 valence electrons. The predicted molar refractivity (Wildman–Crippen MR) is 96.3 cm³/mol. The molecule has 2 aromatic rings. The van der Waals surface area contributed by atoms with Crippen molar-refractivity contribution < 1.29 is 9.53 Å². The van der Waals surface area contributed by atoms with Crippen molar-refractivity contribution in [3.05, 3.63) is 36.0 Å². The summed E-state index contributed by atoms with van der Waals surface area (Å²) in [6.45, 7) is 4.75. The van der Waals surface area contributed by atoms with Gasteiger partial charge in [-0.15, -0.1) is 0 Å². The van der Waals surface area contributed by atoms with Gasteiger partial charge in [-0.25, -0.2) is 0 Å². The van der Waals surface area contributed by atoms with E-state index in [-0.39, 0.29) is 5.91 Å². The van der Waals surface area contributed by atoms with Crippen molar-refractivity contribution in [3.63, 3.8) is 0 Å². The molecule has 0 unspecified atom stereocenters. The summed E-state index contributed by atoms with van der Waals surface area (Å²) in [6, 6.07) is 7.91. The number of methoxy groups -OCH3 is 1. The molecule has 1 aliphatic heterocycles. The second-order valence-corrected chi connectivity index (χ2v) is 6.65. The number of ether oxygens (including phenoxy) is 1. The number of hydrogen-bond donors (Lipinski definition) is 1. The van der Waals surface area contributed by atoms with Crippen LogP contribution in [0.3, 0.4) is 0 Å². The van der Waals surface area contributed by atoms with Crippen LogP contribution in [0.2, 0.25) is 0 Å². The maximum Gasteiger partial charge on any atom is 0.251 e. The van der Waals surface area contributed by atoms with Gasteiger partial charge in [0.1, 0.15) is 0 Å². The first kappa shape index (κ1) is 17.0. The van der Waals surface area contributed by atoms with Gasteiger partial charge in [-0.3, -0.25) is 4.79 Å². The molecule has 0 spiro atoms. The summed E-state index contributed by atoms with van der Waals surface area (Å²) < 4.78 is 7.18. The Morgan fingerprint density at radius 2 is 2.08 bits per heavy atom. The Hall–Kier alpha value is -1.85. The summed E-state index contributed by atoms with van der Waals surface area (Å²) >= 11 is 0. The summed E-state index contributed by atoms with van der Waals surface area (Å²) in [5.41, 5.74) is 1.86. The molecule has 0 bridgehead atoms. The lowest BCUT2D eigenvalue weighted by molar-refractivity contribution is 0.0927. The van der Waals surface area contributed by atoms with Crippen molar-refractivity contribution >= 4 is 16.8 Å². The highest BCUT2D eigenvalue weighted by Gasteiger charge is 2.20. The summed E-state index contributed by atoms with van der Waals surface area (Å²) in [4.78, 5) is 15.0. The van der Waals surface area contributed by atoms with E-state index in [1.807, 2.05) is 42.1 Å². The van der Waals surface area contributed by atoms with Crippen LogP contribution >= 0.6 is 0 Å². The molecule has 5 nitrogen and oxygen atoms in total. The van der Waals surface area contributed by atoms with Gasteiger partial charge in [-0.05, 0) is 50.0 Å². The third kappa shape index (κ3) is 3.79. The summed E-state index contributed by atoms with van der Waals surface area (Å²) in [5, 5.41) is 4.16. The molecule has 2 heterocycles. The van der Waals surface area contributed by atoms with E-state index >= 15 is 0 Å². The van der Waals surface area contributed by atoms with E-state index in [2.05, 4.69) is 10.2 Å². The van der Waals surface area contributed by atoms with Crippen molar-refractivity contribution in [2.45, 2.75) is 12.8 Å². The number of carbonyl (C=O) groups is 1. The summed E-state index contributed by atoms with van der Waals surface area (Å²) in [7, 11) is 3.75. The Kier molecular flexibility index (Phi) is 5.53. The van der Waals surface area contributed by atoms with Gasteiger partial charge in [-0.1, -0.05) is 6.07 Å². The number of likely N-dealkylation sites (tertiary alicyclic amines) is 1. The Balaban J connectivity index is 1.53. The van der Waals surface area contributed by atoms with E-state index in [1.54, 1.807) is 7.11 Å². The van der Waals surface area contributed by atoms with E-state index < -0.39 is 0 Å². The minimum Gasteiger partial charge on any atom is -0.383 e. The number of nitrogens with zero attached hydrogens (tertiary/aromatic N) is 2. The number of aromatic nitrogens is 1. The Labute approximate surface area is 143 Å². The molecule has 0 atom stereocenters. The van der Waals surface area contributed by atoms with Gasteiger partial charge < -0.3 is 19.5 Å². The quantitative estimate of drug-likeness (QED) is 0.884. The zero-order valence-corrected chi connectivity index (χ0v) is 14.6. The van der Waals surface area contributed by atoms with Crippen LogP contribution in [0.25, 0.3) is 10.9 Å². The molecule has 24 heavy (non-hydrogen) atoms. The normalized spacial score (nSPS) is 16.6. The fourth-order valence-corrected chi connectivity index (χ4v) is 3.47. The first-order valence-corrected chi connectivity index (χ1v) is 8.72. The average Bonchev–Trinajstić information content (AvgIpc) is 3.00. The SMILES string of the molecule is COCCN1CCC(CNC(=O)c2cccc3c2ccn3C)CC1. The fraction of sp³-hybridized carbons (Fsp3) is 0.526. The Morgan fingerprint density at radius 1 is 1.29 bits per heavy atom. The molecule has 1 aromatic heterocycles. The number of carbonyl (C=O) groups excluding carboxylic acids is 1. The standard InChI is InChI=1S/C19H27N3O2/c1-21-9-8-16-17(4-3-5-18(16)21)19(23)20-14-15-6-10-22(11-7-15)12-13-24-2/h3-5,8-9,15H,6-7,10-14H2,1-2H3,(H,20,23). The minimum atomic E-state index is 0.0358. The molecular weight excluding hydrogens is 302 g/mol. The number of amides is 1. The molecular formula is C19H27N3O2. The predicted octanol–water partition coefficient (Wildman–Crippen LogP) is 2.27. The van der Waals surface area contributed by atoms with E-state index in [0.29, 0.717) is 5.92 Å². The Morgan fingerprint density at radius 3 is 2.83 bits per heavy atom. The van der Waals surface area contributed by atoms with Gasteiger partial charge in [0.05, 0.1) is 6.61 Å². The summed E-state index contributed by atoms with van der Waals surface area (Å²) in [6.07, 6.45) is 4.27. The highest BCUT2D eigenvalue weighted by molar-refractivity contribution is 6.06. The highest BCUT2D eigenvalue weighted by Crippen LogP contribution is 2.20. The molecule has 1 aliphatic rings. The number of fused-ring (bicyclic) bond motifs is 1. The molecule has 0 aliphatic carbocycles. The lowest BCUT2D eigenvalue weighted by Gasteiger charge is -2.31. The van der Waals surface area contributed by atoms with Gasteiger partial charge in [0.25, 0.3) is 5.91 Å². The third-order valence-corrected chi connectivity index (χ3v) is 5.04. The van der Waals surface area contributed by atoms with Crippen LogP contribution in [0.15, 0.2) is 30.5 Å². The molecule has 1 fully saturated rings. The second kappa shape index (κ2) is 7.81. The number of benzene rings is 1. The minimum absolute atomic E-state index is 0.0358. The number of rotatable bonds is 6. The highest BCUT2D eigenvalue weighted by atomic mass is 16.5. The van der Waals surface area contributed by atoms with Gasteiger partial charge in [-0.2, -0.15) is 0 Å². The van der Waals surface area contributed by atoms with Gasteiger partial charge in [0.15, 0.2) is 0 Å². The number of piperidine rings is 1. The molecule has 1 amide bonds. The van der Waals surface area contributed by atoms with Crippen molar-refractivity contribution in [3.8, 4) is 0 Å². The lowest BCUT2D eigenvalue weighted by atomic mass is 9.96. The zero-order chi connectivity index (χ0) is 16.9. The molecule has 5 heteroatoms. The van der Waals surface area contributed by atoms with E-state index in [9.17, 15) is 4.79 Å². The van der Waals surface area contributed by atoms with Crippen LogP contribution in [0.5, 0.6) is 0 Å². The molecule has 3 rings (SSSR count). The zero-order valence-electron chi connectivity index (χ0n) is 14.6. The molecule has 1 aromatic carbocycles. The lowest BCUT2D eigenvalue weighted by Crippen LogP contribution is -2.39. The summed E-state index contributed by atoms with van der Waals surface area (Å²) in [5.74, 6) is 0.608. The number of hydrogen-bond acceptors (Lipinski definition) is 3. The van der Waals surface area contributed by atoms with E-state index in [1.165, 1.54) is 0 Å². The van der Waals surface area contributed by atoms with Crippen LogP contribution < -0.4 is 5.32 Å².